The maximum absolute atomic E-state index is 8.78. The van der Waals surface area contributed by atoms with E-state index in [9.17, 15) is 0 Å². The van der Waals surface area contributed by atoms with Crippen molar-refractivity contribution >= 4 is 18.3 Å². The molecule has 0 bridgehead atoms. The van der Waals surface area contributed by atoms with Gasteiger partial charge in [0.1, 0.15) is 0 Å². The van der Waals surface area contributed by atoms with Gasteiger partial charge in [0.15, 0.2) is 0 Å². The Morgan fingerprint density at radius 1 is 0.692 bits per heavy atom. The molecule has 0 rings (SSSR count). The van der Waals surface area contributed by atoms with Gasteiger partial charge < -0.3 is 32.5 Å². The minimum absolute atomic E-state index is 0. The molecule has 3 amide bonds. The fraction of sp³-hybridized carbons (Fsp3) is 0. The van der Waals surface area contributed by atoms with Crippen LogP contribution in [0.5, 0.6) is 0 Å². The average Bonchev–Trinajstić information content (AvgIpc) is 1.54. The summed E-state index contributed by atoms with van der Waals surface area (Å²) in [6.45, 7) is 0. The van der Waals surface area contributed by atoms with Gasteiger partial charge in [-0.05, 0) is 0 Å². The number of carbonyl (C=O) groups is 3. The van der Waals surface area contributed by atoms with Crippen LogP contribution in [-0.2, 0) is 0 Å². The molecule has 13 heavy (non-hydrogen) atoms. The van der Waals surface area contributed by atoms with Crippen LogP contribution >= 0.6 is 0 Å². The van der Waals surface area contributed by atoms with E-state index in [0.29, 0.717) is 0 Å². The number of carboxylic acid groups (broad SMARTS) is 3. The summed E-state index contributed by atoms with van der Waals surface area (Å²) in [6, 6.07) is 0. The fourth-order valence-corrected chi connectivity index (χ4v) is 0. The van der Waals surface area contributed by atoms with Gasteiger partial charge in [0, 0.05) is 40.8 Å². The first kappa shape index (κ1) is 22.7. The molecule has 0 saturated carbocycles. The van der Waals surface area contributed by atoms with Gasteiger partial charge in [-0.25, -0.2) is 14.4 Å². The van der Waals surface area contributed by atoms with E-state index in [2.05, 4.69) is 17.2 Å². The second kappa shape index (κ2) is 17.3. The summed E-state index contributed by atoms with van der Waals surface area (Å²) < 4.78 is 0. The zero-order chi connectivity index (χ0) is 10.7. The zero-order valence-corrected chi connectivity index (χ0v) is 9.51. The summed E-state index contributed by atoms with van der Waals surface area (Å²) >= 11 is 0. The van der Waals surface area contributed by atoms with E-state index in [0.717, 1.165) is 0 Å². The van der Waals surface area contributed by atoms with Crippen molar-refractivity contribution in [2.24, 2.45) is 17.2 Å². The Balaban J connectivity index is -0.0000000450. The van der Waals surface area contributed by atoms with Crippen molar-refractivity contribution < 1.29 is 70.5 Å². The van der Waals surface area contributed by atoms with Crippen molar-refractivity contribution in [3.63, 3.8) is 0 Å². The second-order valence-electron chi connectivity index (χ2n) is 1.01. The topological polar surface area (TPSA) is 190 Å². The van der Waals surface area contributed by atoms with Crippen LogP contribution in [0.15, 0.2) is 0 Å². The van der Waals surface area contributed by atoms with Gasteiger partial charge in [-0.2, -0.15) is 0 Å². The Kier molecular flexibility index (Phi) is 30.3. The molecule has 0 aromatic carbocycles. The smallest absolute Gasteiger partial charge is 0.402 e. The predicted molar refractivity (Wildman–Crippen MR) is 36.6 cm³/mol. The second-order valence-corrected chi connectivity index (χ2v) is 1.01. The summed E-state index contributed by atoms with van der Waals surface area (Å²) in [6.07, 6.45) is -4.00. The molecule has 0 aromatic rings. The number of amides is 3. The van der Waals surface area contributed by atoms with Crippen molar-refractivity contribution in [3.05, 3.63) is 0 Å². The molecular formula is C3H9N3NdO6. The SMILES string of the molecule is NC(=O)O.NC(=O)O.NC(=O)O.[Nd]. The Labute approximate surface area is 105 Å². The molecule has 0 aliphatic carbocycles. The van der Waals surface area contributed by atoms with Crippen LogP contribution in [0.3, 0.4) is 0 Å². The Morgan fingerprint density at radius 2 is 0.692 bits per heavy atom. The van der Waals surface area contributed by atoms with Crippen LogP contribution in [0.4, 0.5) is 14.4 Å². The van der Waals surface area contributed by atoms with Gasteiger partial charge in [0.25, 0.3) is 0 Å². The third kappa shape index (κ3) is 1330. The van der Waals surface area contributed by atoms with Gasteiger partial charge >= 0.3 is 18.3 Å². The number of nitrogens with two attached hydrogens (primary N) is 3. The van der Waals surface area contributed by atoms with E-state index < -0.39 is 18.3 Å². The zero-order valence-electron chi connectivity index (χ0n) is 6.30. The van der Waals surface area contributed by atoms with Crippen molar-refractivity contribution in [1.29, 1.82) is 0 Å². The molecule has 0 aromatic heterocycles. The number of primary amides is 3. The third-order valence-electron chi connectivity index (χ3n) is 0. The predicted octanol–water partition coefficient (Wildman–Crippen LogP) is -1.13. The maximum Gasteiger partial charge on any atom is 0.402 e. The summed E-state index contributed by atoms with van der Waals surface area (Å²) in [7, 11) is 0. The van der Waals surface area contributed by atoms with E-state index in [1.165, 1.54) is 0 Å². The van der Waals surface area contributed by atoms with E-state index in [-0.39, 0.29) is 40.8 Å². The van der Waals surface area contributed by atoms with Crippen molar-refractivity contribution in [3.8, 4) is 0 Å². The summed E-state index contributed by atoms with van der Waals surface area (Å²) in [5.41, 5.74) is 12.1. The summed E-state index contributed by atoms with van der Waals surface area (Å²) in [4.78, 5) is 26.3. The van der Waals surface area contributed by atoms with Crippen molar-refractivity contribution in [1.82, 2.24) is 0 Å². The minimum Gasteiger partial charge on any atom is -0.465 e. The maximum atomic E-state index is 8.78. The largest absolute Gasteiger partial charge is 0.465 e. The van der Waals surface area contributed by atoms with Crippen molar-refractivity contribution in [2.75, 3.05) is 0 Å². The first-order valence-electron chi connectivity index (χ1n) is 2.15. The van der Waals surface area contributed by atoms with E-state index in [1.807, 2.05) is 0 Å². The molecule has 76 valence electrons. The number of rotatable bonds is 0. The van der Waals surface area contributed by atoms with Gasteiger partial charge in [0.2, 0.25) is 0 Å². The van der Waals surface area contributed by atoms with Crippen LogP contribution in [0.1, 0.15) is 0 Å². The molecule has 0 fully saturated rings. The van der Waals surface area contributed by atoms with Crippen LogP contribution in [0.2, 0.25) is 0 Å². The molecule has 0 heterocycles. The van der Waals surface area contributed by atoms with E-state index in [4.69, 9.17) is 29.7 Å². The normalized spacial score (nSPS) is 5.54. The monoisotopic (exact) mass is 325 g/mol. The average molecular weight is 327 g/mol. The van der Waals surface area contributed by atoms with Crippen molar-refractivity contribution in [2.45, 2.75) is 0 Å². The first-order chi connectivity index (χ1) is 5.20. The third-order valence-corrected chi connectivity index (χ3v) is 0. The van der Waals surface area contributed by atoms with Gasteiger partial charge in [-0.3, -0.25) is 0 Å². The van der Waals surface area contributed by atoms with Gasteiger partial charge in [0.05, 0.1) is 0 Å². The van der Waals surface area contributed by atoms with Crippen LogP contribution < -0.4 is 17.2 Å². The summed E-state index contributed by atoms with van der Waals surface area (Å²) in [5.74, 6) is 0. The molecule has 0 aliphatic rings. The molecule has 0 aliphatic heterocycles. The van der Waals surface area contributed by atoms with Gasteiger partial charge in [-0.1, -0.05) is 0 Å². The molecule has 10 heteroatoms. The first-order valence-corrected chi connectivity index (χ1v) is 2.15. The van der Waals surface area contributed by atoms with Crippen LogP contribution in [-0.4, -0.2) is 33.6 Å². The number of hydrogen-bond acceptors (Lipinski definition) is 3. The molecular weight excluding hydrogens is 318 g/mol. The quantitative estimate of drug-likeness (QED) is 0.326. The van der Waals surface area contributed by atoms with Crippen LogP contribution in [0, 0.1) is 40.8 Å². The van der Waals surface area contributed by atoms with Crippen LogP contribution in [0.25, 0.3) is 0 Å². The molecule has 0 spiro atoms. The number of hydrogen-bond donors (Lipinski definition) is 6. The minimum atomic E-state index is -1.33. The molecule has 9 N–H and O–H groups in total. The molecule has 0 unspecified atom stereocenters. The molecule has 0 atom stereocenters. The van der Waals surface area contributed by atoms with E-state index in [1.54, 1.807) is 0 Å². The molecule has 9 nitrogen and oxygen atoms in total. The standard InChI is InChI=1S/3CH3NO2.Nd/c3*2-1(3)4;/h3*2H2,(H,3,4);. The van der Waals surface area contributed by atoms with Gasteiger partial charge in [-0.15, -0.1) is 0 Å². The fourth-order valence-electron chi connectivity index (χ4n) is 0. The molecule has 0 saturated heterocycles. The van der Waals surface area contributed by atoms with E-state index >= 15 is 0 Å². The Bertz CT molecular complexity index is 121. The Hall–Kier alpha value is -0.839. The molecule has 0 radical (unpaired) electrons. The Morgan fingerprint density at radius 3 is 0.692 bits per heavy atom. The summed E-state index contributed by atoms with van der Waals surface area (Å²) in [5, 5.41) is 21.6.